The van der Waals surface area contributed by atoms with Crippen LogP contribution in [0.4, 0.5) is 8.78 Å². The highest BCUT2D eigenvalue weighted by Gasteiger charge is 2.31. The molecule has 1 fully saturated rings. The predicted molar refractivity (Wildman–Crippen MR) is 103 cm³/mol. The monoisotopic (exact) mass is 410 g/mol. The molecule has 1 aliphatic heterocycles. The second-order valence-corrected chi connectivity index (χ2v) is 8.80. The fourth-order valence-electron chi connectivity index (χ4n) is 3.75. The number of rotatable bonds is 6. The molecule has 1 saturated heterocycles. The Morgan fingerprint density at radius 2 is 1.86 bits per heavy atom. The van der Waals surface area contributed by atoms with Crippen molar-refractivity contribution in [1.29, 1.82) is 0 Å². The number of hydrogen-bond acceptors (Lipinski definition) is 4. The van der Waals surface area contributed by atoms with Crippen LogP contribution in [0.15, 0.2) is 47.4 Å². The molecule has 1 N–H and O–H groups in total. The SMILES string of the molecule is COc1ccc(C2C(CNS(=O)(=O)c3ccc(F)c(F)c3)CCCN2C)cc1. The molecular formula is C20H24F2N2O3S. The molecule has 0 bridgehead atoms. The summed E-state index contributed by atoms with van der Waals surface area (Å²) in [5.74, 6) is -1.45. The van der Waals surface area contributed by atoms with Gasteiger partial charge in [0.25, 0.3) is 0 Å². The second kappa shape index (κ2) is 8.55. The van der Waals surface area contributed by atoms with Crippen molar-refractivity contribution in [3.05, 3.63) is 59.7 Å². The first kappa shape index (κ1) is 20.7. The molecule has 1 aliphatic rings. The Kier molecular flexibility index (Phi) is 6.32. The second-order valence-electron chi connectivity index (χ2n) is 7.03. The van der Waals surface area contributed by atoms with Crippen molar-refractivity contribution in [2.75, 3.05) is 27.2 Å². The summed E-state index contributed by atoms with van der Waals surface area (Å²) in [7, 11) is -0.300. The molecule has 0 aromatic heterocycles. The van der Waals surface area contributed by atoms with Gasteiger partial charge in [0.1, 0.15) is 5.75 Å². The number of ether oxygens (including phenoxy) is 1. The van der Waals surface area contributed by atoms with Crippen molar-refractivity contribution in [2.24, 2.45) is 5.92 Å². The lowest BCUT2D eigenvalue weighted by Gasteiger charge is -2.39. The van der Waals surface area contributed by atoms with Crippen LogP contribution in [0, 0.1) is 17.6 Å². The Morgan fingerprint density at radius 1 is 1.14 bits per heavy atom. The van der Waals surface area contributed by atoms with Gasteiger partial charge in [-0.1, -0.05) is 12.1 Å². The number of piperidine rings is 1. The summed E-state index contributed by atoms with van der Waals surface area (Å²) in [5.41, 5.74) is 1.08. The van der Waals surface area contributed by atoms with Crippen molar-refractivity contribution in [2.45, 2.75) is 23.8 Å². The summed E-state index contributed by atoms with van der Waals surface area (Å²) in [6.07, 6.45) is 1.82. The number of halogens is 2. The molecule has 0 aliphatic carbocycles. The molecule has 5 nitrogen and oxygen atoms in total. The Balaban J connectivity index is 1.77. The van der Waals surface area contributed by atoms with Crippen molar-refractivity contribution in [3.8, 4) is 5.75 Å². The maximum atomic E-state index is 13.4. The number of benzene rings is 2. The van der Waals surface area contributed by atoms with Crippen LogP contribution in [0.1, 0.15) is 24.4 Å². The molecule has 1 heterocycles. The third kappa shape index (κ3) is 4.51. The highest BCUT2D eigenvalue weighted by molar-refractivity contribution is 7.89. The summed E-state index contributed by atoms with van der Waals surface area (Å²) in [6.45, 7) is 1.13. The van der Waals surface area contributed by atoms with Gasteiger partial charge in [0.2, 0.25) is 10.0 Å². The van der Waals surface area contributed by atoms with E-state index in [2.05, 4.69) is 9.62 Å². The molecule has 3 rings (SSSR count). The van der Waals surface area contributed by atoms with Crippen molar-refractivity contribution >= 4 is 10.0 Å². The lowest BCUT2D eigenvalue weighted by atomic mass is 9.85. The summed E-state index contributed by atoms with van der Waals surface area (Å²) in [4.78, 5) is 1.93. The average molecular weight is 410 g/mol. The van der Waals surface area contributed by atoms with E-state index in [4.69, 9.17) is 4.74 Å². The van der Waals surface area contributed by atoms with Gasteiger partial charge in [-0.3, -0.25) is 4.90 Å². The average Bonchev–Trinajstić information content (AvgIpc) is 2.68. The smallest absolute Gasteiger partial charge is 0.240 e. The van der Waals surface area contributed by atoms with Crippen LogP contribution in [0.2, 0.25) is 0 Å². The van der Waals surface area contributed by atoms with E-state index in [9.17, 15) is 17.2 Å². The van der Waals surface area contributed by atoms with Gasteiger partial charge < -0.3 is 4.74 Å². The number of hydrogen-bond donors (Lipinski definition) is 1. The van der Waals surface area contributed by atoms with Crippen LogP contribution < -0.4 is 9.46 Å². The zero-order valence-electron chi connectivity index (χ0n) is 15.9. The Hall–Kier alpha value is -2.03. The molecule has 0 radical (unpaired) electrons. The number of methoxy groups -OCH3 is 1. The molecule has 2 aromatic carbocycles. The highest BCUT2D eigenvalue weighted by atomic mass is 32.2. The third-order valence-corrected chi connectivity index (χ3v) is 6.62. The quantitative estimate of drug-likeness (QED) is 0.794. The van der Waals surface area contributed by atoms with E-state index in [0.717, 1.165) is 42.8 Å². The molecule has 2 aromatic rings. The van der Waals surface area contributed by atoms with Crippen LogP contribution in [-0.4, -0.2) is 40.6 Å². The largest absolute Gasteiger partial charge is 0.497 e. The van der Waals surface area contributed by atoms with Crippen LogP contribution >= 0.6 is 0 Å². The first-order valence-electron chi connectivity index (χ1n) is 9.11. The van der Waals surface area contributed by atoms with Gasteiger partial charge in [-0.15, -0.1) is 0 Å². The van der Waals surface area contributed by atoms with E-state index in [1.807, 2.05) is 31.3 Å². The fourth-order valence-corrected chi connectivity index (χ4v) is 4.85. The Bertz CT molecular complexity index is 920. The van der Waals surface area contributed by atoms with Gasteiger partial charge in [0, 0.05) is 12.6 Å². The molecule has 2 unspecified atom stereocenters. The summed E-state index contributed by atoms with van der Waals surface area (Å²) >= 11 is 0. The van der Waals surface area contributed by atoms with E-state index < -0.39 is 21.7 Å². The van der Waals surface area contributed by atoms with E-state index in [1.165, 1.54) is 0 Å². The maximum Gasteiger partial charge on any atom is 0.240 e. The molecule has 0 amide bonds. The highest BCUT2D eigenvalue weighted by Crippen LogP contribution is 2.35. The van der Waals surface area contributed by atoms with Crippen molar-refractivity contribution < 1.29 is 21.9 Å². The topological polar surface area (TPSA) is 58.6 Å². The van der Waals surface area contributed by atoms with E-state index in [-0.39, 0.29) is 23.4 Å². The van der Waals surface area contributed by atoms with Gasteiger partial charge >= 0.3 is 0 Å². The normalized spacial score (nSPS) is 20.9. The Labute approximate surface area is 164 Å². The standard InChI is InChI=1S/C20H24F2N2O3S/c1-24-11-3-4-15(20(24)14-5-7-16(27-2)8-6-14)13-23-28(25,26)17-9-10-18(21)19(22)12-17/h5-10,12,15,20,23H,3-4,11,13H2,1-2H3. The Morgan fingerprint density at radius 3 is 2.50 bits per heavy atom. The van der Waals surface area contributed by atoms with E-state index in [0.29, 0.717) is 6.07 Å². The lowest BCUT2D eigenvalue weighted by Crippen LogP contribution is -2.41. The van der Waals surface area contributed by atoms with Gasteiger partial charge in [0.15, 0.2) is 11.6 Å². The van der Waals surface area contributed by atoms with Crippen molar-refractivity contribution in [3.63, 3.8) is 0 Å². The lowest BCUT2D eigenvalue weighted by molar-refractivity contribution is 0.123. The van der Waals surface area contributed by atoms with Gasteiger partial charge in [0.05, 0.1) is 12.0 Å². The van der Waals surface area contributed by atoms with E-state index in [1.54, 1.807) is 7.11 Å². The minimum atomic E-state index is -3.93. The molecule has 8 heteroatoms. The van der Waals surface area contributed by atoms with Gasteiger partial charge in [-0.25, -0.2) is 21.9 Å². The minimum absolute atomic E-state index is 0.0483. The molecule has 28 heavy (non-hydrogen) atoms. The number of nitrogens with zero attached hydrogens (tertiary/aromatic N) is 1. The first-order chi connectivity index (χ1) is 13.3. The van der Waals surface area contributed by atoms with Crippen LogP contribution in [0.5, 0.6) is 5.75 Å². The number of likely N-dealkylation sites (tertiary alicyclic amines) is 1. The molecule has 0 saturated carbocycles. The van der Waals surface area contributed by atoms with Crippen molar-refractivity contribution in [1.82, 2.24) is 9.62 Å². The van der Waals surface area contributed by atoms with Crippen LogP contribution in [0.3, 0.4) is 0 Å². The fraction of sp³-hybridized carbons (Fsp3) is 0.400. The van der Waals surface area contributed by atoms with Crippen LogP contribution in [-0.2, 0) is 10.0 Å². The number of nitrogens with one attached hydrogen (secondary N) is 1. The molecular weight excluding hydrogens is 386 g/mol. The third-order valence-electron chi connectivity index (χ3n) is 5.20. The molecule has 2 atom stereocenters. The number of sulfonamides is 1. The molecule has 0 spiro atoms. The molecule has 152 valence electrons. The van der Waals surface area contributed by atoms with Gasteiger partial charge in [-0.05, 0) is 68.2 Å². The van der Waals surface area contributed by atoms with Crippen LogP contribution in [0.25, 0.3) is 0 Å². The maximum absolute atomic E-state index is 13.4. The van der Waals surface area contributed by atoms with E-state index >= 15 is 0 Å². The summed E-state index contributed by atoms with van der Waals surface area (Å²) in [6, 6.07) is 10.4. The first-order valence-corrected chi connectivity index (χ1v) is 10.6. The summed E-state index contributed by atoms with van der Waals surface area (Å²) < 4.78 is 59.3. The zero-order valence-corrected chi connectivity index (χ0v) is 16.7. The minimum Gasteiger partial charge on any atom is -0.497 e. The van der Waals surface area contributed by atoms with Gasteiger partial charge in [-0.2, -0.15) is 0 Å². The summed E-state index contributed by atoms with van der Waals surface area (Å²) in [5, 5.41) is 0. The zero-order chi connectivity index (χ0) is 20.3. The predicted octanol–water partition coefficient (Wildman–Crippen LogP) is 3.33.